The van der Waals surface area contributed by atoms with Gasteiger partial charge in [0.1, 0.15) is 0 Å². The van der Waals surface area contributed by atoms with Gasteiger partial charge in [-0.25, -0.2) is 0 Å². The van der Waals surface area contributed by atoms with E-state index in [9.17, 15) is 0 Å². The summed E-state index contributed by atoms with van der Waals surface area (Å²) < 4.78 is 2.38. The summed E-state index contributed by atoms with van der Waals surface area (Å²) in [6, 6.07) is 102. The van der Waals surface area contributed by atoms with Gasteiger partial charge in [0.15, 0.2) is 0 Å². The first-order chi connectivity index (χ1) is 34.2. The van der Waals surface area contributed by atoms with E-state index < -0.39 is 5.41 Å². The molecule has 1 aliphatic carbocycles. The van der Waals surface area contributed by atoms with Crippen LogP contribution in [0.25, 0.3) is 72.0 Å². The van der Waals surface area contributed by atoms with Crippen molar-refractivity contribution in [1.82, 2.24) is 4.57 Å². The van der Waals surface area contributed by atoms with E-state index in [0.29, 0.717) is 0 Å². The number of benzene rings is 11. The van der Waals surface area contributed by atoms with Crippen LogP contribution in [0, 0.1) is 0 Å². The molecule has 0 unspecified atom stereocenters. The topological polar surface area (TPSA) is 8.17 Å². The quantitative estimate of drug-likeness (QED) is 0.140. The molecule has 69 heavy (non-hydrogen) atoms. The summed E-state index contributed by atoms with van der Waals surface area (Å²) >= 11 is 0. The van der Waals surface area contributed by atoms with E-state index in [1.54, 1.807) is 0 Å². The SMILES string of the molecule is c1ccc(-c2cc(-c3cccc(-c4ccc5c(c4)c4ccccc4n5-c4ccccc4)c3)cc(N(c3ccccc3)c3ccc4c(c3)C(c3ccccc3)(c3ccccc3)c3ccccc3-4)c2)cc1. The second-order valence-corrected chi connectivity index (χ2v) is 18.1. The van der Waals surface area contributed by atoms with Crippen LogP contribution in [0.2, 0.25) is 0 Å². The van der Waals surface area contributed by atoms with Gasteiger partial charge in [0.2, 0.25) is 0 Å². The number of hydrogen-bond acceptors (Lipinski definition) is 1. The molecule has 1 aliphatic rings. The molecule has 13 rings (SSSR count). The molecule has 2 heteroatoms. The van der Waals surface area contributed by atoms with Crippen LogP contribution < -0.4 is 4.90 Å². The lowest BCUT2D eigenvalue weighted by Gasteiger charge is -2.35. The van der Waals surface area contributed by atoms with Gasteiger partial charge in [0.05, 0.1) is 16.4 Å². The first-order valence-corrected chi connectivity index (χ1v) is 23.8. The predicted molar refractivity (Wildman–Crippen MR) is 289 cm³/mol. The third kappa shape index (κ3) is 6.72. The average Bonchev–Trinajstić information content (AvgIpc) is 3.92. The van der Waals surface area contributed by atoms with Crippen molar-refractivity contribution in [1.29, 1.82) is 0 Å². The molecule has 0 radical (unpaired) electrons. The Balaban J connectivity index is 0.993. The minimum atomic E-state index is -0.524. The van der Waals surface area contributed by atoms with E-state index in [4.69, 9.17) is 0 Å². The third-order valence-electron chi connectivity index (χ3n) is 14.2. The average molecular weight is 879 g/mol. The molecule has 324 valence electrons. The molecule has 0 saturated heterocycles. The van der Waals surface area contributed by atoms with Gasteiger partial charge in [-0.1, -0.05) is 200 Å². The van der Waals surface area contributed by atoms with Gasteiger partial charge in [-0.3, -0.25) is 0 Å². The third-order valence-corrected chi connectivity index (χ3v) is 14.2. The number of rotatable bonds is 9. The Hall–Kier alpha value is -8.98. The Bertz CT molecular complexity index is 3780. The van der Waals surface area contributed by atoms with Crippen LogP contribution in [0.1, 0.15) is 22.3 Å². The second kappa shape index (κ2) is 16.7. The molecule has 1 heterocycles. The maximum Gasteiger partial charge on any atom is 0.0714 e. The fourth-order valence-corrected chi connectivity index (χ4v) is 11.2. The summed E-state index contributed by atoms with van der Waals surface area (Å²) in [4.78, 5) is 2.44. The van der Waals surface area contributed by atoms with Crippen molar-refractivity contribution < 1.29 is 0 Å². The second-order valence-electron chi connectivity index (χ2n) is 18.1. The molecular formula is C67H46N2. The Kier molecular flexibility index (Phi) is 9.77. The van der Waals surface area contributed by atoms with Crippen molar-refractivity contribution in [2.75, 3.05) is 4.90 Å². The van der Waals surface area contributed by atoms with Crippen LogP contribution in [0.15, 0.2) is 279 Å². The summed E-state index contributed by atoms with van der Waals surface area (Å²) in [5, 5.41) is 2.49. The molecule has 11 aromatic carbocycles. The summed E-state index contributed by atoms with van der Waals surface area (Å²) in [6.07, 6.45) is 0. The lowest BCUT2D eigenvalue weighted by Crippen LogP contribution is -2.28. The van der Waals surface area contributed by atoms with Crippen LogP contribution >= 0.6 is 0 Å². The lowest BCUT2D eigenvalue weighted by molar-refractivity contribution is 0.768. The van der Waals surface area contributed by atoms with E-state index >= 15 is 0 Å². The van der Waals surface area contributed by atoms with E-state index in [-0.39, 0.29) is 0 Å². The zero-order valence-corrected chi connectivity index (χ0v) is 38.0. The minimum absolute atomic E-state index is 0.524. The molecule has 0 spiro atoms. The van der Waals surface area contributed by atoms with Gasteiger partial charge in [-0.15, -0.1) is 0 Å². The fraction of sp³-hybridized carbons (Fsp3) is 0.0149. The maximum atomic E-state index is 2.46. The van der Waals surface area contributed by atoms with E-state index in [1.807, 2.05) is 0 Å². The van der Waals surface area contributed by atoms with Crippen LogP contribution in [-0.4, -0.2) is 4.57 Å². The Labute approximate surface area is 403 Å². The highest BCUT2D eigenvalue weighted by atomic mass is 15.1. The number of fused-ring (bicyclic) bond motifs is 6. The Morgan fingerprint density at radius 1 is 0.275 bits per heavy atom. The van der Waals surface area contributed by atoms with Crippen LogP contribution in [0.3, 0.4) is 0 Å². The molecule has 12 aromatic rings. The van der Waals surface area contributed by atoms with Crippen molar-refractivity contribution in [3.63, 3.8) is 0 Å². The Morgan fingerprint density at radius 3 is 1.52 bits per heavy atom. The molecule has 0 aliphatic heterocycles. The fourth-order valence-electron chi connectivity index (χ4n) is 11.2. The van der Waals surface area contributed by atoms with Crippen LogP contribution in [0.4, 0.5) is 17.1 Å². The van der Waals surface area contributed by atoms with Gasteiger partial charge < -0.3 is 9.47 Å². The van der Waals surface area contributed by atoms with Crippen molar-refractivity contribution in [3.8, 4) is 50.2 Å². The summed E-state index contributed by atoms with van der Waals surface area (Å²) in [7, 11) is 0. The van der Waals surface area contributed by atoms with Crippen molar-refractivity contribution in [2.24, 2.45) is 0 Å². The van der Waals surface area contributed by atoms with Crippen molar-refractivity contribution in [3.05, 3.63) is 301 Å². The van der Waals surface area contributed by atoms with Crippen molar-refractivity contribution in [2.45, 2.75) is 5.41 Å². The molecule has 0 amide bonds. The van der Waals surface area contributed by atoms with Gasteiger partial charge in [0.25, 0.3) is 0 Å². The minimum Gasteiger partial charge on any atom is -0.310 e. The largest absolute Gasteiger partial charge is 0.310 e. The van der Waals surface area contributed by atoms with E-state index in [2.05, 4.69) is 289 Å². The highest BCUT2D eigenvalue weighted by Gasteiger charge is 2.46. The molecule has 0 N–H and O–H groups in total. The predicted octanol–water partition coefficient (Wildman–Crippen LogP) is 17.6. The highest BCUT2D eigenvalue weighted by molar-refractivity contribution is 6.10. The first kappa shape index (κ1) is 40.3. The first-order valence-electron chi connectivity index (χ1n) is 23.8. The maximum absolute atomic E-state index is 2.46. The number of nitrogens with zero attached hydrogens (tertiary/aromatic N) is 2. The van der Waals surface area contributed by atoms with Gasteiger partial charge in [-0.2, -0.15) is 0 Å². The molecule has 2 nitrogen and oxygen atoms in total. The summed E-state index contributed by atoms with van der Waals surface area (Å²) in [6.45, 7) is 0. The standard InChI is InChI=1S/C67H46N2/c1-6-21-47(22-7-1)51-42-52(49-24-20-23-48(41-49)50-37-40-66-62(45-50)61-34-17-19-36-65(61)69(66)56-31-14-5-15-32-56)44-58(43-51)68(55-29-12-4-13-30-55)57-38-39-60-59-33-16-18-35-63(59)67(64(60)46-57,53-25-8-2-9-26-53)54-27-10-3-11-28-54/h1-46H. The molecule has 0 atom stereocenters. The van der Waals surface area contributed by atoms with E-state index in [0.717, 1.165) is 39.4 Å². The van der Waals surface area contributed by atoms with Crippen molar-refractivity contribution >= 4 is 38.9 Å². The summed E-state index contributed by atoms with van der Waals surface area (Å²) in [5.74, 6) is 0. The number of anilines is 3. The monoisotopic (exact) mass is 878 g/mol. The van der Waals surface area contributed by atoms with Crippen LogP contribution in [-0.2, 0) is 5.41 Å². The van der Waals surface area contributed by atoms with Crippen LogP contribution in [0.5, 0.6) is 0 Å². The molecule has 1 aromatic heterocycles. The molecule has 0 fully saturated rings. The molecular weight excluding hydrogens is 833 g/mol. The normalized spacial score (nSPS) is 12.5. The van der Waals surface area contributed by atoms with Gasteiger partial charge >= 0.3 is 0 Å². The summed E-state index contributed by atoms with van der Waals surface area (Å²) in [5.41, 5.74) is 20.9. The zero-order valence-electron chi connectivity index (χ0n) is 38.0. The van der Waals surface area contributed by atoms with E-state index in [1.165, 1.54) is 71.9 Å². The zero-order chi connectivity index (χ0) is 45.7. The Morgan fingerprint density at radius 2 is 0.797 bits per heavy atom. The molecule has 0 bridgehead atoms. The van der Waals surface area contributed by atoms with Gasteiger partial charge in [-0.05, 0) is 146 Å². The smallest absolute Gasteiger partial charge is 0.0714 e. The molecule has 0 saturated carbocycles. The number of hydrogen-bond donors (Lipinski definition) is 0. The van der Waals surface area contributed by atoms with Gasteiger partial charge in [0, 0.05) is 33.5 Å². The highest BCUT2D eigenvalue weighted by Crippen LogP contribution is 2.57. The number of aromatic nitrogens is 1. The lowest BCUT2D eigenvalue weighted by atomic mass is 9.67. The number of para-hydroxylation sites is 3.